The van der Waals surface area contributed by atoms with Crippen LogP contribution < -0.4 is 0 Å². The van der Waals surface area contributed by atoms with E-state index in [4.69, 9.17) is 23.2 Å². The number of halogens is 2. The average molecular weight is 248 g/mol. The predicted molar refractivity (Wildman–Crippen MR) is 61.7 cm³/mol. The van der Waals surface area contributed by atoms with Gasteiger partial charge in [0.2, 0.25) is 0 Å². The molecule has 0 N–H and O–H groups in total. The summed E-state index contributed by atoms with van der Waals surface area (Å²) in [5, 5.41) is 11.3. The van der Waals surface area contributed by atoms with Crippen molar-refractivity contribution in [2.75, 3.05) is 0 Å². The van der Waals surface area contributed by atoms with E-state index >= 15 is 0 Å². The fourth-order valence-corrected chi connectivity index (χ4v) is 1.99. The van der Waals surface area contributed by atoms with Crippen LogP contribution in [0.3, 0.4) is 0 Å². The highest BCUT2D eigenvalue weighted by Gasteiger charge is 2.19. The van der Waals surface area contributed by atoms with Gasteiger partial charge in [-0.05, 0) is 25.0 Å². The first-order valence-electron chi connectivity index (χ1n) is 4.68. The third-order valence-electron chi connectivity index (χ3n) is 2.09. The van der Waals surface area contributed by atoms with Gasteiger partial charge in [0.05, 0.1) is 4.92 Å². The summed E-state index contributed by atoms with van der Waals surface area (Å²) in [6, 6.07) is 3.01. The van der Waals surface area contributed by atoms with Crippen molar-refractivity contribution in [3.8, 4) is 0 Å². The SMILES string of the molecule is CCCCc1cc(Cl)cc(Cl)c1[N+](=O)[O-]. The molecule has 5 heteroatoms. The van der Waals surface area contributed by atoms with Crippen molar-refractivity contribution in [1.29, 1.82) is 0 Å². The minimum absolute atomic E-state index is 0.0190. The minimum atomic E-state index is -0.455. The molecule has 0 aliphatic carbocycles. The first kappa shape index (κ1) is 12.3. The number of unbranched alkanes of at least 4 members (excludes halogenated alkanes) is 1. The molecule has 0 aromatic heterocycles. The van der Waals surface area contributed by atoms with E-state index in [1.807, 2.05) is 6.92 Å². The van der Waals surface area contributed by atoms with E-state index in [2.05, 4.69) is 0 Å². The molecule has 0 heterocycles. The number of nitro benzene ring substituents is 1. The average Bonchev–Trinajstić information content (AvgIpc) is 2.12. The standard InChI is InChI=1S/C10H11Cl2NO2/c1-2-3-4-7-5-8(11)6-9(12)10(7)13(14)15/h5-6H,2-4H2,1H3. The molecule has 0 aliphatic heterocycles. The van der Waals surface area contributed by atoms with Gasteiger partial charge in [-0.1, -0.05) is 36.5 Å². The zero-order chi connectivity index (χ0) is 11.4. The molecule has 1 rings (SSSR count). The number of hydrogen-bond acceptors (Lipinski definition) is 2. The Kier molecular flexibility index (Phi) is 4.36. The lowest BCUT2D eigenvalue weighted by molar-refractivity contribution is -0.385. The van der Waals surface area contributed by atoms with E-state index in [-0.39, 0.29) is 10.7 Å². The number of aryl methyl sites for hydroxylation is 1. The maximum Gasteiger partial charge on any atom is 0.291 e. The van der Waals surface area contributed by atoms with Crippen LogP contribution in [-0.4, -0.2) is 4.92 Å². The first-order chi connectivity index (χ1) is 7.06. The van der Waals surface area contributed by atoms with Gasteiger partial charge in [-0.25, -0.2) is 0 Å². The van der Waals surface area contributed by atoms with Gasteiger partial charge >= 0.3 is 0 Å². The van der Waals surface area contributed by atoms with Crippen molar-refractivity contribution < 1.29 is 4.92 Å². The Balaban J connectivity index is 3.14. The molecule has 0 saturated heterocycles. The van der Waals surface area contributed by atoms with E-state index < -0.39 is 4.92 Å². The summed E-state index contributed by atoms with van der Waals surface area (Å²) < 4.78 is 0. The fraction of sp³-hybridized carbons (Fsp3) is 0.400. The van der Waals surface area contributed by atoms with Crippen molar-refractivity contribution in [2.45, 2.75) is 26.2 Å². The quantitative estimate of drug-likeness (QED) is 0.590. The summed E-state index contributed by atoms with van der Waals surface area (Å²) in [7, 11) is 0. The van der Waals surface area contributed by atoms with Crippen LogP contribution in [-0.2, 0) is 6.42 Å². The lowest BCUT2D eigenvalue weighted by Gasteiger charge is -2.04. The van der Waals surface area contributed by atoms with E-state index in [9.17, 15) is 10.1 Å². The number of nitrogens with zero attached hydrogens (tertiary/aromatic N) is 1. The summed E-state index contributed by atoms with van der Waals surface area (Å²) in [5.74, 6) is 0. The summed E-state index contributed by atoms with van der Waals surface area (Å²) in [5.41, 5.74) is 0.592. The first-order valence-corrected chi connectivity index (χ1v) is 5.44. The Labute approximate surface area is 98.2 Å². The number of rotatable bonds is 4. The maximum absolute atomic E-state index is 10.8. The Morgan fingerprint density at radius 2 is 2.07 bits per heavy atom. The molecule has 1 aromatic carbocycles. The number of benzene rings is 1. The Hall–Kier alpha value is -0.800. The van der Waals surface area contributed by atoms with E-state index in [1.165, 1.54) is 6.07 Å². The lowest BCUT2D eigenvalue weighted by atomic mass is 10.1. The van der Waals surface area contributed by atoms with Crippen LogP contribution in [0.5, 0.6) is 0 Å². The van der Waals surface area contributed by atoms with Crippen LogP contribution in [0.2, 0.25) is 10.0 Å². The van der Waals surface area contributed by atoms with Gasteiger partial charge in [0.25, 0.3) is 5.69 Å². The van der Waals surface area contributed by atoms with Gasteiger partial charge in [-0.15, -0.1) is 0 Å². The third kappa shape index (κ3) is 3.08. The summed E-state index contributed by atoms with van der Waals surface area (Å²) in [4.78, 5) is 10.3. The molecule has 3 nitrogen and oxygen atoms in total. The summed E-state index contributed by atoms with van der Waals surface area (Å²) in [6.07, 6.45) is 2.49. The fourth-order valence-electron chi connectivity index (χ4n) is 1.38. The van der Waals surface area contributed by atoms with Crippen molar-refractivity contribution in [3.63, 3.8) is 0 Å². The molecule has 0 radical (unpaired) electrons. The largest absolute Gasteiger partial charge is 0.291 e. The highest BCUT2D eigenvalue weighted by Crippen LogP contribution is 2.32. The zero-order valence-electron chi connectivity index (χ0n) is 8.30. The maximum atomic E-state index is 10.8. The van der Waals surface area contributed by atoms with E-state index in [1.54, 1.807) is 6.07 Å². The predicted octanol–water partition coefficient (Wildman–Crippen LogP) is 4.24. The smallest absolute Gasteiger partial charge is 0.258 e. The van der Waals surface area contributed by atoms with Crippen LogP contribution in [0.25, 0.3) is 0 Å². The third-order valence-corrected chi connectivity index (χ3v) is 2.60. The molecule has 0 aliphatic rings. The molecule has 0 spiro atoms. The van der Waals surface area contributed by atoms with Crippen LogP contribution in [0, 0.1) is 10.1 Å². The second-order valence-corrected chi connectivity index (χ2v) is 4.10. The second kappa shape index (κ2) is 5.33. The molecule has 0 atom stereocenters. The number of hydrogen-bond donors (Lipinski definition) is 0. The molecule has 82 valence electrons. The lowest BCUT2D eigenvalue weighted by Crippen LogP contribution is -1.97. The van der Waals surface area contributed by atoms with Crippen molar-refractivity contribution in [2.24, 2.45) is 0 Å². The Bertz CT molecular complexity index is 380. The van der Waals surface area contributed by atoms with Gasteiger partial charge in [0.15, 0.2) is 0 Å². The van der Waals surface area contributed by atoms with Crippen LogP contribution in [0.1, 0.15) is 25.3 Å². The van der Waals surface area contributed by atoms with Gasteiger partial charge in [0, 0.05) is 10.6 Å². The van der Waals surface area contributed by atoms with Crippen LogP contribution in [0.4, 0.5) is 5.69 Å². The molecule has 0 fully saturated rings. The van der Waals surface area contributed by atoms with Gasteiger partial charge < -0.3 is 0 Å². The molecule has 0 saturated carbocycles. The molecule has 1 aromatic rings. The molecule has 0 unspecified atom stereocenters. The Morgan fingerprint density at radius 3 is 2.60 bits per heavy atom. The van der Waals surface area contributed by atoms with Crippen molar-refractivity contribution in [1.82, 2.24) is 0 Å². The van der Waals surface area contributed by atoms with Crippen molar-refractivity contribution >= 4 is 28.9 Å². The van der Waals surface area contributed by atoms with E-state index in [0.717, 1.165) is 12.8 Å². The van der Waals surface area contributed by atoms with E-state index in [0.29, 0.717) is 17.0 Å². The molecule has 0 bridgehead atoms. The van der Waals surface area contributed by atoms with Crippen LogP contribution in [0.15, 0.2) is 12.1 Å². The minimum Gasteiger partial charge on any atom is -0.258 e. The summed E-state index contributed by atoms with van der Waals surface area (Å²) >= 11 is 11.6. The highest BCUT2D eigenvalue weighted by molar-refractivity contribution is 6.36. The zero-order valence-corrected chi connectivity index (χ0v) is 9.81. The topological polar surface area (TPSA) is 43.1 Å². The van der Waals surface area contributed by atoms with Gasteiger partial charge in [-0.3, -0.25) is 10.1 Å². The molecule has 0 amide bonds. The van der Waals surface area contributed by atoms with Gasteiger partial charge in [0.1, 0.15) is 5.02 Å². The van der Waals surface area contributed by atoms with Gasteiger partial charge in [-0.2, -0.15) is 0 Å². The summed E-state index contributed by atoms with van der Waals surface area (Å²) in [6.45, 7) is 2.03. The highest BCUT2D eigenvalue weighted by atomic mass is 35.5. The molecular weight excluding hydrogens is 237 g/mol. The Morgan fingerprint density at radius 1 is 1.40 bits per heavy atom. The normalized spacial score (nSPS) is 10.3. The second-order valence-electron chi connectivity index (χ2n) is 3.26. The molecule has 15 heavy (non-hydrogen) atoms. The monoisotopic (exact) mass is 247 g/mol. The van der Waals surface area contributed by atoms with Crippen LogP contribution >= 0.6 is 23.2 Å². The van der Waals surface area contributed by atoms with Crippen molar-refractivity contribution in [3.05, 3.63) is 37.9 Å². The molecular formula is C10H11Cl2NO2. The number of nitro groups is 1.